The zero-order valence-corrected chi connectivity index (χ0v) is 10.2. The molecule has 1 N–H and O–H groups in total. The summed E-state index contributed by atoms with van der Waals surface area (Å²) < 4.78 is 33.0. The lowest BCUT2D eigenvalue weighted by Crippen LogP contribution is -2.07. The van der Waals surface area contributed by atoms with Crippen molar-refractivity contribution < 1.29 is 27.9 Å². The minimum atomic E-state index is -2.49. The summed E-state index contributed by atoms with van der Waals surface area (Å²) in [5, 5.41) is 12.0. The number of carbonyl (C=O) groups is 1. The number of hydrogen-bond acceptors (Lipinski definition) is 6. The highest BCUT2D eigenvalue weighted by Gasteiger charge is 2.08. The number of alkyl halides is 2. The minimum Gasteiger partial charge on any atom is -0.481 e. The molecule has 0 radical (unpaired) electrons. The number of halogens is 2. The third kappa shape index (κ3) is 6.50. The van der Waals surface area contributed by atoms with Gasteiger partial charge in [-0.1, -0.05) is 5.16 Å². The van der Waals surface area contributed by atoms with Crippen LogP contribution in [0.1, 0.15) is 11.7 Å². The first-order chi connectivity index (χ1) is 8.58. The lowest BCUT2D eigenvalue weighted by atomic mass is 10.4. The molecular formula is C9H12F2N2O4S. The number of carboxylic acids is 1. The number of thioether (sulfide) groups is 1. The molecule has 0 atom stereocenters. The molecule has 0 bridgehead atoms. The highest BCUT2D eigenvalue weighted by Crippen LogP contribution is 2.10. The Kier molecular flexibility index (Phi) is 6.58. The van der Waals surface area contributed by atoms with Gasteiger partial charge in [0.2, 0.25) is 5.89 Å². The van der Waals surface area contributed by atoms with Crippen LogP contribution in [-0.2, 0) is 21.7 Å². The normalized spacial score (nSPS) is 11.1. The average Bonchev–Trinajstić information content (AvgIpc) is 2.72. The van der Waals surface area contributed by atoms with Gasteiger partial charge in [-0.05, 0) is 0 Å². The van der Waals surface area contributed by atoms with Gasteiger partial charge >= 0.3 is 5.97 Å². The van der Waals surface area contributed by atoms with Gasteiger partial charge in [-0.3, -0.25) is 4.79 Å². The molecule has 1 heterocycles. The molecule has 0 spiro atoms. The second-order valence-electron chi connectivity index (χ2n) is 3.21. The standard InChI is InChI=1S/C9H12F2N2O4S/c10-6(11)3-16-2-1-7-12-8(17-13-7)4-18-5-9(14)15/h6H,1-5H2,(H,14,15). The van der Waals surface area contributed by atoms with E-state index in [0.29, 0.717) is 17.5 Å². The fourth-order valence-corrected chi connectivity index (χ4v) is 1.58. The number of rotatable bonds is 9. The molecule has 0 aliphatic rings. The number of aliphatic carboxylic acids is 1. The van der Waals surface area contributed by atoms with Crippen molar-refractivity contribution in [2.75, 3.05) is 19.0 Å². The smallest absolute Gasteiger partial charge is 0.313 e. The molecule has 1 aromatic rings. The van der Waals surface area contributed by atoms with Gasteiger partial charge in [-0.25, -0.2) is 8.78 Å². The van der Waals surface area contributed by atoms with Gasteiger partial charge in [-0.2, -0.15) is 4.98 Å². The average molecular weight is 282 g/mol. The number of aromatic nitrogens is 2. The Bertz CT molecular complexity index is 375. The summed E-state index contributed by atoms with van der Waals surface area (Å²) in [5.41, 5.74) is 0. The molecule has 102 valence electrons. The van der Waals surface area contributed by atoms with Crippen molar-refractivity contribution in [3.8, 4) is 0 Å². The first kappa shape index (κ1) is 14.8. The van der Waals surface area contributed by atoms with E-state index in [1.54, 1.807) is 0 Å². The third-order valence-corrected chi connectivity index (χ3v) is 2.58. The molecule has 18 heavy (non-hydrogen) atoms. The fourth-order valence-electron chi connectivity index (χ4n) is 1.01. The summed E-state index contributed by atoms with van der Waals surface area (Å²) in [7, 11) is 0. The lowest BCUT2D eigenvalue weighted by molar-refractivity contribution is -0.133. The maximum Gasteiger partial charge on any atom is 0.313 e. The van der Waals surface area contributed by atoms with Crippen molar-refractivity contribution >= 4 is 17.7 Å². The first-order valence-corrected chi connectivity index (χ1v) is 6.20. The zero-order chi connectivity index (χ0) is 13.4. The van der Waals surface area contributed by atoms with E-state index in [4.69, 9.17) is 9.63 Å². The Morgan fingerprint density at radius 3 is 3.00 bits per heavy atom. The number of carboxylic acid groups (broad SMARTS) is 1. The molecule has 1 rings (SSSR count). The summed E-state index contributed by atoms with van der Waals surface area (Å²) in [6, 6.07) is 0. The van der Waals surface area contributed by atoms with Gasteiger partial charge in [0.15, 0.2) is 5.82 Å². The molecule has 0 fully saturated rings. The van der Waals surface area contributed by atoms with Crippen molar-refractivity contribution in [3.63, 3.8) is 0 Å². The van der Waals surface area contributed by atoms with Crippen LogP contribution in [0.3, 0.4) is 0 Å². The van der Waals surface area contributed by atoms with Crippen LogP contribution < -0.4 is 0 Å². The Labute approximate surface area is 106 Å². The van der Waals surface area contributed by atoms with Gasteiger partial charge in [-0.15, -0.1) is 11.8 Å². The molecule has 6 nitrogen and oxygen atoms in total. The van der Waals surface area contributed by atoms with Crippen LogP contribution in [0.15, 0.2) is 4.52 Å². The topological polar surface area (TPSA) is 85.5 Å². The molecule has 0 unspecified atom stereocenters. The highest BCUT2D eigenvalue weighted by atomic mass is 32.2. The Morgan fingerprint density at radius 2 is 2.33 bits per heavy atom. The van der Waals surface area contributed by atoms with Gasteiger partial charge in [0.05, 0.1) is 18.1 Å². The van der Waals surface area contributed by atoms with Gasteiger partial charge in [0.1, 0.15) is 6.61 Å². The third-order valence-electron chi connectivity index (χ3n) is 1.68. The maximum absolute atomic E-state index is 11.7. The number of nitrogens with zero attached hydrogens (tertiary/aromatic N) is 2. The summed E-state index contributed by atoms with van der Waals surface area (Å²) in [4.78, 5) is 14.2. The van der Waals surface area contributed by atoms with Crippen molar-refractivity contribution in [2.24, 2.45) is 0 Å². The Hall–Kier alpha value is -1.22. The van der Waals surface area contributed by atoms with E-state index < -0.39 is 19.0 Å². The summed E-state index contributed by atoms with van der Waals surface area (Å²) in [6.45, 7) is -0.523. The van der Waals surface area contributed by atoms with E-state index in [1.807, 2.05) is 0 Å². The minimum absolute atomic E-state index is 0.0464. The van der Waals surface area contributed by atoms with Crippen molar-refractivity contribution in [3.05, 3.63) is 11.7 Å². The van der Waals surface area contributed by atoms with Crippen LogP contribution in [0.4, 0.5) is 8.78 Å². The summed E-state index contributed by atoms with van der Waals surface area (Å²) >= 11 is 1.13. The molecule has 0 aromatic carbocycles. The molecule has 1 aromatic heterocycles. The monoisotopic (exact) mass is 282 g/mol. The van der Waals surface area contributed by atoms with Gasteiger partial charge in [0.25, 0.3) is 6.43 Å². The van der Waals surface area contributed by atoms with Crippen LogP contribution in [0.5, 0.6) is 0 Å². The van der Waals surface area contributed by atoms with Gasteiger partial charge < -0.3 is 14.4 Å². The molecule has 9 heteroatoms. The van der Waals surface area contributed by atoms with Crippen LogP contribution in [0.2, 0.25) is 0 Å². The highest BCUT2D eigenvalue weighted by molar-refractivity contribution is 7.99. The van der Waals surface area contributed by atoms with Crippen LogP contribution in [-0.4, -0.2) is 46.6 Å². The van der Waals surface area contributed by atoms with Crippen molar-refractivity contribution in [1.82, 2.24) is 10.1 Å². The van der Waals surface area contributed by atoms with E-state index in [9.17, 15) is 13.6 Å². The lowest BCUT2D eigenvalue weighted by Gasteiger charge is -1.99. The molecular weight excluding hydrogens is 270 g/mol. The van der Waals surface area contributed by atoms with E-state index in [-0.39, 0.29) is 18.8 Å². The van der Waals surface area contributed by atoms with Crippen LogP contribution in [0, 0.1) is 0 Å². The van der Waals surface area contributed by atoms with Crippen molar-refractivity contribution in [2.45, 2.75) is 18.6 Å². The van der Waals surface area contributed by atoms with E-state index in [0.717, 1.165) is 11.8 Å². The Morgan fingerprint density at radius 1 is 1.56 bits per heavy atom. The fraction of sp³-hybridized carbons (Fsp3) is 0.667. The SMILES string of the molecule is O=C(O)CSCc1nc(CCOCC(F)F)no1. The second kappa shape index (κ2) is 7.98. The molecule has 0 aliphatic heterocycles. The second-order valence-corrected chi connectivity index (χ2v) is 4.19. The van der Waals surface area contributed by atoms with Crippen molar-refractivity contribution in [1.29, 1.82) is 0 Å². The zero-order valence-electron chi connectivity index (χ0n) is 9.34. The predicted molar refractivity (Wildman–Crippen MR) is 58.6 cm³/mol. The van der Waals surface area contributed by atoms with E-state index in [1.165, 1.54) is 0 Å². The van der Waals surface area contributed by atoms with E-state index >= 15 is 0 Å². The predicted octanol–water partition coefficient (Wildman–Crippen LogP) is 1.21. The molecule has 0 amide bonds. The van der Waals surface area contributed by atoms with E-state index in [2.05, 4.69) is 14.9 Å². The Balaban J connectivity index is 2.19. The first-order valence-electron chi connectivity index (χ1n) is 5.05. The maximum atomic E-state index is 11.7. The molecule has 0 saturated heterocycles. The largest absolute Gasteiger partial charge is 0.481 e. The molecule has 0 aliphatic carbocycles. The number of hydrogen-bond donors (Lipinski definition) is 1. The molecule has 0 saturated carbocycles. The number of ether oxygens (including phenoxy) is 1. The van der Waals surface area contributed by atoms with Crippen LogP contribution in [0.25, 0.3) is 0 Å². The van der Waals surface area contributed by atoms with Gasteiger partial charge in [0, 0.05) is 6.42 Å². The van der Waals surface area contributed by atoms with Crippen LogP contribution >= 0.6 is 11.8 Å². The quantitative estimate of drug-likeness (QED) is 0.681. The summed E-state index contributed by atoms with van der Waals surface area (Å²) in [5.74, 6) is 0.00676. The summed E-state index contributed by atoms with van der Waals surface area (Å²) in [6.07, 6.45) is -2.21.